The molecule has 0 saturated heterocycles. The van der Waals surface area contributed by atoms with Gasteiger partial charge in [0, 0.05) is 29.1 Å². The second-order valence-corrected chi connectivity index (χ2v) is 4.74. The van der Waals surface area contributed by atoms with Crippen LogP contribution in [0.25, 0.3) is 0 Å². The molecule has 0 N–H and O–H groups in total. The molecule has 2 aromatic carbocycles. The lowest BCUT2D eigenvalue weighted by Crippen LogP contribution is -2.22. The topological polar surface area (TPSA) is 15.6 Å². The van der Waals surface area contributed by atoms with Gasteiger partial charge in [-0.3, -0.25) is 9.41 Å². The van der Waals surface area contributed by atoms with Gasteiger partial charge in [0.15, 0.2) is 6.17 Å². The number of para-hydroxylation sites is 1. The van der Waals surface area contributed by atoms with Crippen LogP contribution in [0, 0.1) is 6.92 Å². The molecule has 90 valence electrons. The van der Waals surface area contributed by atoms with Crippen LogP contribution in [0.2, 0.25) is 0 Å². The van der Waals surface area contributed by atoms with Crippen molar-refractivity contribution >= 4 is 23.7 Å². The zero-order valence-electron chi connectivity index (χ0n) is 10.0. The minimum atomic E-state index is -0.150. The molecule has 0 aromatic heterocycles. The van der Waals surface area contributed by atoms with Gasteiger partial charge in [-0.2, -0.15) is 0 Å². The third kappa shape index (κ3) is 1.79. The Morgan fingerprint density at radius 3 is 2.61 bits per heavy atom. The van der Waals surface area contributed by atoms with Crippen molar-refractivity contribution in [3.8, 4) is 0 Å². The lowest BCUT2D eigenvalue weighted by molar-refractivity contribution is 0.763. The summed E-state index contributed by atoms with van der Waals surface area (Å²) in [7, 11) is 0. The van der Waals surface area contributed by atoms with E-state index in [4.69, 9.17) is 11.8 Å². The van der Waals surface area contributed by atoms with Crippen molar-refractivity contribution in [3.05, 3.63) is 65.2 Å². The van der Waals surface area contributed by atoms with E-state index in [0.717, 1.165) is 16.8 Å². The first-order valence-corrected chi connectivity index (χ1v) is 6.24. The molecule has 0 bridgehead atoms. The van der Waals surface area contributed by atoms with E-state index < -0.39 is 0 Å². The molecule has 1 aliphatic rings. The van der Waals surface area contributed by atoms with Gasteiger partial charge in [-0.1, -0.05) is 42.5 Å². The number of nitrogens with zero attached hydrogens (tertiary/aromatic N) is 2. The Bertz CT molecular complexity index is 607. The van der Waals surface area contributed by atoms with Crippen molar-refractivity contribution in [1.29, 1.82) is 0 Å². The molecule has 0 saturated carbocycles. The van der Waals surface area contributed by atoms with E-state index in [2.05, 4.69) is 24.0 Å². The maximum Gasteiger partial charge on any atom is 0.161 e. The van der Waals surface area contributed by atoms with Gasteiger partial charge < -0.3 is 0 Å². The van der Waals surface area contributed by atoms with E-state index in [1.807, 2.05) is 42.6 Å². The standard InChI is InChI=1S/C15H13ClN2/c1-11-6-2-4-8-13(11)15-17-10-12-7-3-5-9-14(12)18(15)16/h2-10,15H,1H3. The molecule has 0 amide bonds. The maximum atomic E-state index is 6.44. The SMILES string of the molecule is Cc1ccccc1C1N=Cc2ccccc2N1Cl. The average Bonchev–Trinajstić information content (AvgIpc) is 2.41. The minimum Gasteiger partial charge on any atom is -0.262 e. The fourth-order valence-electron chi connectivity index (χ4n) is 2.21. The Balaban J connectivity index is 2.06. The maximum absolute atomic E-state index is 6.44. The van der Waals surface area contributed by atoms with E-state index in [1.54, 1.807) is 4.42 Å². The van der Waals surface area contributed by atoms with Gasteiger partial charge in [0.05, 0.1) is 5.69 Å². The molecule has 1 atom stereocenters. The molecule has 0 aliphatic carbocycles. The summed E-state index contributed by atoms with van der Waals surface area (Å²) in [5, 5.41) is 0. The first-order chi connectivity index (χ1) is 8.77. The van der Waals surface area contributed by atoms with Crippen molar-refractivity contribution in [2.75, 3.05) is 4.42 Å². The van der Waals surface area contributed by atoms with Crippen LogP contribution < -0.4 is 4.42 Å². The molecular formula is C15H13ClN2. The normalized spacial score (nSPS) is 17.7. The van der Waals surface area contributed by atoms with Crippen molar-refractivity contribution in [2.24, 2.45) is 4.99 Å². The second kappa shape index (κ2) is 4.46. The number of halogens is 1. The smallest absolute Gasteiger partial charge is 0.161 e. The average molecular weight is 257 g/mol. The molecule has 1 aliphatic heterocycles. The van der Waals surface area contributed by atoms with Crippen LogP contribution in [0.4, 0.5) is 5.69 Å². The number of rotatable bonds is 1. The summed E-state index contributed by atoms with van der Waals surface area (Å²) in [6.07, 6.45) is 1.74. The van der Waals surface area contributed by atoms with Crippen LogP contribution in [-0.2, 0) is 0 Å². The highest BCUT2D eigenvalue weighted by molar-refractivity contribution is 6.27. The van der Waals surface area contributed by atoms with Crippen LogP contribution in [0.15, 0.2) is 53.5 Å². The summed E-state index contributed by atoms with van der Waals surface area (Å²) in [5.74, 6) is 0. The molecule has 1 unspecified atom stereocenters. The highest BCUT2D eigenvalue weighted by atomic mass is 35.5. The Hall–Kier alpha value is -1.80. The zero-order chi connectivity index (χ0) is 12.5. The van der Waals surface area contributed by atoms with Crippen LogP contribution in [0.3, 0.4) is 0 Å². The third-order valence-corrected chi connectivity index (χ3v) is 3.57. The van der Waals surface area contributed by atoms with E-state index in [1.165, 1.54) is 5.56 Å². The van der Waals surface area contributed by atoms with Crippen molar-refractivity contribution in [1.82, 2.24) is 0 Å². The minimum absolute atomic E-state index is 0.150. The third-order valence-electron chi connectivity index (χ3n) is 3.20. The van der Waals surface area contributed by atoms with Crippen LogP contribution >= 0.6 is 11.8 Å². The largest absolute Gasteiger partial charge is 0.262 e. The number of anilines is 1. The van der Waals surface area contributed by atoms with Crippen molar-refractivity contribution in [2.45, 2.75) is 13.1 Å². The molecule has 3 rings (SSSR count). The van der Waals surface area contributed by atoms with E-state index in [-0.39, 0.29) is 6.17 Å². The summed E-state index contributed by atoms with van der Waals surface area (Å²) in [4.78, 5) is 4.55. The Kier molecular flexibility index (Phi) is 2.80. The van der Waals surface area contributed by atoms with Gasteiger partial charge in [-0.05, 0) is 18.6 Å². The van der Waals surface area contributed by atoms with E-state index >= 15 is 0 Å². The molecule has 2 nitrogen and oxygen atoms in total. The predicted molar refractivity (Wildman–Crippen MR) is 76.3 cm³/mol. The van der Waals surface area contributed by atoms with Gasteiger partial charge in [0.2, 0.25) is 0 Å². The molecular weight excluding hydrogens is 244 g/mol. The summed E-state index contributed by atoms with van der Waals surface area (Å²) in [5.41, 5.74) is 4.39. The van der Waals surface area contributed by atoms with Crippen LogP contribution in [0.5, 0.6) is 0 Å². The van der Waals surface area contributed by atoms with Crippen LogP contribution in [-0.4, -0.2) is 6.21 Å². The van der Waals surface area contributed by atoms with Crippen molar-refractivity contribution in [3.63, 3.8) is 0 Å². The molecule has 0 spiro atoms. The zero-order valence-corrected chi connectivity index (χ0v) is 10.8. The highest BCUT2D eigenvalue weighted by Crippen LogP contribution is 2.36. The number of aliphatic imine (C=N–C) groups is 1. The Morgan fingerprint density at radius 1 is 1.06 bits per heavy atom. The first kappa shape index (κ1) is 11.3. The number of hydrogen-bond donors (Lipinski definition) is 0. The lowest BCUT2D eigenvalue weighted by Gasteiger charge is -2.29. The fourth-order valence-corrected chi connectivity index (χ4v) is 2.52. The second-order valence-electron chi connectivity index (χ2n) is 4.38. The molecule has 1 heterocycles. The van der Waals surface area contributed by atoms with Gasteiger partial charge >= 0.3 is 0 Å². The Labute approximate surface area is 112 Å². The summed E-state index contributed by atoms with van der Waals surface area (Å²) >= 11 is 6.44. The lowest BCUT2D eigenvalue weighted by atomic mass is 10.0. The molecule has 0 fully saturated rings. The molecule has 0 radical (unpaired) electrons. The molecule has 18 heavy (non-hydrogen) atoms. The Morgan fingerprint density at radius 2 is 1.78 bits per heavy atom. The number of benzene rings is 2. The molecule has 3 heteroatoms. The summed E-state index contributed by atoms with van der Waals surface area (Å²) in [6, 6.07) is 16.2. The summed E-state index contributed by atoms with van der Waals surface area (Å²) < 4.78 is 1.71. The quantitative estimate of drug-likeness (QED) is 0.702. The first-order valence-electron chi connectivity index (χ1n) is 5.90. The van der Waals surface area contributed by atoms with Gasteiger partial charge in [-0.25, -0.2) is 0 Å². The van der Waals surface area contributed by atoms with E-state index in [0.29, 0.717) is 0 Å². The van der Waals surface area contributed by atoms with Gasteiger partial charge in [0.25, 0.3) is 0 Å². The number of fused-ring (bicyclic) bond motifs is 1. The number of hydrogen-bond acceptors (Lipinski definition) is 2. The van der Waals surface area contributed by atoms with Crippen LogP contribution in [0.1, 0.15) is 22.9 Å². The van der Waals surface area contributed by atoms with Gasteiger partial charge in [-0.15, -0.1) is 0 Å². The van der Waals surface area contributed by atoms with Crippen molar-refractivity contribution < 1.29 is 0 Å². The molecule has 2 aromatic rings. The highest BCUT2D eigenvalue weighted by Gasteiger charge is 2.24. The monoisotopic (exact) mass is 256 g/mol. The summed E-state index contributed by atoms with van der Waals surface area (Å²) in [6.45, 7) is 2.08. The van der Waals surface area contributed by atoms with E-state index in [9.17, 15) is 0 Å². The van der Waals surface area contributed by atoms with Gasteiger partial charge in [0.1, 0.15) is 0 Å². The number of aryl methyl sites for hydroxylation is 1. The fraction of sp³-hybridized carbons (Fsp3) is 0.133. The predicted octanol–water partition coefficient (Wildman–Crippen LogP) is 4.09.